The van der Waals surface area contributed by atoms with Crippen LogP contribution in [0, 0.1) is 0 Å². The van der Waals surface area contributed by atoms with Gasteiger partial charge in [0.1, 0.15) is 10.8 Å². The number of ether oxygens (including phenoxy) is 1. The Bertz CT molecular complexity index is 964. The molecule has 146 valence electrons. The van der Waals surface area contributed by atoms with Crippen LogP contribution in [0.15, 0.2) is 48.0 Å². The van der Waals surface area contributed by atoms with Crippen LogP contribution in [0.4, 0.5) is 5.69 Å². The Morgan fingerprint density at radius 2 is 1.93 bits per heavy atom. The van der Waals surface area contributed by atoms with Gasteiger partial charge in [-0.1, -0.05) is 32.4 Å². The Balaban J connectivity index is 1.64. The normalized spacial score (nSPS) is 12.5. The van der Waals surface area contributed by atoms with Gasteiger partial charge in [-0.05, 0) is 43.3 Å². The summed E-state index contributed by atoms with van der Waals surface area (Å²) in [5.74, 6) is 0.310. The van der Waals surface area contributed by atoms with E-state index in [2.05, 4.69) is 36.5 Å². The van der Waals surface area contributed by atoms with Crippen molar-refractivity contribution in [3.05, 3.63) is 58.8 Å². The third-order valence-electron chi connectivity index (χ3n) is 4.07. The summed E-state index contributed by atoms with van der Waals surface area (Å²) in [5, 5.41) is 6.02. The maximum absolute atomic E-state index is 12.3. The molecule has 1 aromatic carbocycles. The first-order valence-corrected chi connectivity index (χ1v) is 10.1. The van der Waals surface area contributed by atoms with Crippen LogP contribution in [0.3, 0.4) is 0 Å². The van der Waals surface area contributed by atoms with Crippen molar-refractivity contribution in [1.82, 2.24) is 9.97 Å². The lowest BCUT2D eigenvalue weighted by atomic mass is 9.93. The molecule has 1 atom stereocenters. The molecule has 0 aliphatic heterocycles. The van der Waals surface area contributed by atoms with Gasteiger partial charge in [0.2, 0.25) is 0 Å². The standard InChI is InChI=1S/C21H22ClN3O2S/c1-13(19(26)24-16-6-5-11-23-18(16)22)27-15-9-7-14(8-10-15)20-25-17(12-28-20)21(2,3)4/h5-13H,1-4H3,(H,24,26)/t13-/m0/s1. The van der Waals surface area contributed by atoms with Gasteiger partial charge in [-0.25, -0.2) is 9.97 Å². The molecule has 0 aliphatic rings. The number of carbonyl (C=O) groups excluding carboxylic acids is 1. The van der Waals surface area contributed by atoms with Crippen molar-refractivity contribution in [3.63, 3.8) is 0 Å². The molecule has 0 saturated carbocycles. The van der Waals surface area contributed by atoms with Crippen LogP contribution in [0.1, 0.15) is 33.4 Å². The number of thiazole rings is 1. The van der Waals surface area contributed by atoms with Gasteiger partial charge >= 0.3 is 0 Å². The zero-order valence-corrected chi connectivity index (χ0v) is 17.8. The van der Waals surface area contributed by atoms with E-state index in [0.717, 1.165) is 16.3 Å². The third kappa shape index (κ3) is 4.88. The lowest BCUT2D eigenvalue weighted by molar-refractivity contribution is -0.122. The van der Waals surface area contributed by atoms with E-state index in [1.807, 2.05) is 24.3 Å². The van der Waals surface area contributed by atoms with E-state index in [-0.39, 0.29) is 16.5 Å². The fraction of sp³-hybridized carbons (Fsp3) is 0.286. The predicted octanol–water partition coefficient (Wildman–Crippen LogP) is 5.56. The minimum absolute atomic E-state index is 0.0256. The van der Waals surface area contributed by atoms with E-state index in [0.29, 0.717) is 11.4 Å². The van der Waals surface area contributed by atoms with E-state index in [1.54, 1.807) is 36.6 Å². The van der Waals surface area contributed by atoms with Crippen LogP contribution in [0.5, 0.6) is 5.75 Å². The molecule has 3 rings (SSSR count). The SMILES string of the molecule is C[C@H](Oc1ccc(-c2nc(C(C)(C)C)cs2)cc1)C(=O)Nc1cccnc1Cl. The summed E-state index contributed by atoms with van der Waals surface area (Å²) in [6, 6.07) is 11.0. The number of nitrogens with zero attached hydrogens (tertiary/aromatic N) is 2. The van der Waals surface area contributed by atoms with Gasteiger partial charge in [0.15, 0.2) is 11.3 Å². The van der Waals surface area contributed by atoms with Gasteiger partial charge in [-0.15, -0.1) is 11.3 Å². The second-order valence-electron chi connectivity index (χ2n) is 7.40. The van der Waals surface area contributed by atoms with Crippen LogP contribution >= 0.6 is 22.9 Å². The number of hydrogen-bond acceptors (Lipinski definition) is 5. The summed E-state index contributed by atoms with van der Waals surface area (Å²) in [6.07, 6.45) is 0.876. The highest BCUT2D eigenvalue weighted by molar-refractivity contribution is 7.13. The van der Waals surface area contributed by atoms with Crippen molar-refractivity contribution in [1.29, 1.82) is 0 Å². The zero-order chi connectivity index (χ0) is 20.3. The molecule has 1 amide bonds. The second kappa shape index (κ2) is 8.29. The van der Waals surface area contributed by atoms with Gasteiger partial charge in [-0.2, -0.15) is 0 Å². The Morgan fingerprint density at radius 3 is 2.54 bits per heavy atom. The van der Waals surface area contributed by atoms with Crippen molar-refractivity contribution in [3.8, 4) is 16.3 Å². The first-order valence-electron chi connectivity index (χ1n) is 8.88. The average molecular weight is 416 g/mol. The number of rotatable bonds is 5. The molecular weight excluding hydrogens is 394 g/mol. The van der Waals surface area contributed by atoms with Gasteiger partial charge in [0, 0.05) is 22.6 Å². The molecule has 28 heavy (non-hydrogen) atoms. The van der Waals surface area contributed by atoms with E-state index in [9.17, 15) is 4.79 Å². The van der Waals surface area contributed by atoms with E-state index >= 15 is 0 Å². The second-order valence-corrected chi connectivity index (χ2v) is 8.62. The lowest BCUT2D eigenvalue weighted by Crippen LogP contribution is -2.30. The molecule has 0 spiro atoms. The first-order chi connectivity index (χ1) is 13.2. The monoisotopic (exact) mass is 415 g/mol. The molecule has 0 aliphatic carbocycles. The van der Waals surface area contributed by atoms with Crippen LogP contribution in [0.25, 0.3) is 10.6 Å². The zero-order valence-electron chi connectivity index (χ0n) is 16.2. The quantitative estimate of drug-likeness (QED) is 0.554. The van der Waals surface area contributed by atoms with E-state index in [4.69, 9.17) is 21.3 Å². The van der Waals surface area contributed by atoms with Crippen LogP contribution in [0.2, 0.25) is 5.15 Å². The summed E-state index contributed by atoms with van der Waals surface area (Å²) in [4.78, 5) is 21.0. The van der Waals surface area contributed by atoms with Crippen LogP contribution < -0.4 is 10.1 Å². The Morgan fingerprint density at radius 1 is 1.21 bits per heavy atom. The highest BCUT2D eigenvalue weighted by Gasteiger charge is 2.19. The van der Waals surface area contributed by atoms with Crippen molar-refractivity contribution in [2.45, 2.75) is 39.2 Å². The molecule has 0 fully saturated rings. The molecule has 0 saturated heterocycles. The molecule has 0 radical (unpaired) electrons. The third-order valence-corrected chi connectivity index (χ3v) is 5.27. The summed E-state index contributed by atoms with van der Waals surface area (Å²) in [5.41, 5.74) is 2.58. The Hall–Kier alpha value is -2.44. The van der Waals surface area contributed by atoms with E-state index < -0.39 is 6.10 Å². The maximum atomic E-state index is 12.3. The van der Waals surface area contributed by atoms with Crippen molar-refractivity contribution in [2.24, 2.45) is 0 Å². The fourth-order valence-corrected chi connectivity index (χ4v) is 3.62. The molecule has 0 unspecified atom stereocenters. The number of hydrogen-bond donors (Lipinski definition) is 1. The molecule has 1 N–H and O–H groups in total. The van der Waals surface area contributed by atoms with Crippen molar-refractivity contribution in [2.75, 3.05) is 5.32 Å². The molecule has 3 aromatic rings. The van der Waals surface area contributed by atoms with Crippen molar-refractivity contribution >= 4 is 34.5 Å². The maximum Gasteiger partial charge on any atom is 0.265 e. The van der Waals surface area contributed by atoms with Gasteiger partial charge < -0.3 is 10.1 Å². The number of aromatic nitrogens is 2. The minimum atomic E-state index is -0.686. The molecular formula is C21H22ClN3O2S. The largest absolute Gasteiger partial charge is 0.481 e. The fourth-order valence-electron chi connectivity index (χ4n) is 2.40. The van der Waals surface area contributed by atoms with Gasteiger partial charge in [-0.3, -0.25) is 4.79 Å². The molecule has 7 heteroatoms. The number of amides is 1. The lowest BCUT2D eigenvalue weighted by Gasteiger charge is -2.15. The number of halogens is 1. The molecule has 5 nitrogen and oxygen atoms in total. The first kappa shape index (κ1) is 20.3. The number of benzene rings is 1. The minimum Gasteiger partial charge on any atom is -0.481 e. The molecule has 2 aromatic heterocycles. The number of pyridine rings is 1. The topological polar surface area (TPSA) is 64.1 Å². The smallest absolute Gasteiger partial charge is 0.265 e. The van der Waals surface area contributed by atoms with Crippen LogP contribution in [-0.2, 0) is 10.2 Å². The number of nitrogens with one attached hydrogen (secondary N) is 1. The summed E-state index contributed by atoms with van der Waals surface area (Å²) >= 11 is 7.59. The molecule has 0 bridgehead atoms. The van der Waals surface area contributed by atoms with Crippen LogP contribution in [-0.4, -0.2) is 22.0 Å². The van der Waals surface area contributed by atoms with E-state index in [1.165, 1.54) is 0 Å². The number of anilines is 1. The molecule has 2 heterocycles. The highest BCUT2D eigenvalue weighted by atomic mass is 35.5. The Labute approximate surface area is 173 Å². The van der Waals surface area contributed by atoms with Gasteiger partial charge in [0.05, 0.1) is 11.4 Å². The van der Waals surface area contributed by atoms with Crippen molar-refractivity contribution < 1.29 is 9.53 Å². The highest BCUT2D eigenvalue weighted by Crippen LogP contribution is 2.30. The van der Waals surface area contributed by atoms with Gasteiger partial charge in [0.25, 0.3) is 5.91 Å². The summed E-state index contributed by atoms with van der Waals surface area (Å²) in [7, 11) is 0. The average Bonchev–Trinajstić information content (AvgIpc) is 3.15. The summed E-state index contributed by atoms with van der Waals surface area (Å²) < 4.78 is 5.75. The Kier molecular flexibility index (Phi) is 6.01. The number of carbonyl (C=O) groups is 1. The predicted molar refractivity (Wildman–Crippen MR) is 114 cm³/mol. The summed E-state index contributed by atoms with van der Waals surface area (Å²) in [6.45, 7) is 8.12.